The average Bonchev–Trinajstić information content (AvgIpc) is 2.67. The summed E-state index contributed by atoms with van der Waals surface area (Å²) in [6, 6.07) is 2.12. The standard InChI is InChI=1S/C12H18F3NO2/c1-9(2)16-7-10-3-5-18-11(10)8-17-6-4-12(13,14)15/h3,5,9,16H,4,6-8H2,1-2H3. The minimum atomic E-state index is -4.18. The Morgan fingerprint density at radius 1 is 1.39 bits per heavy atom. The molecule has 1 aromatic rings. The van der Waals surface area contributed by atoms with Crippen LogP contribution in [-0.4, -0.2) is 18.8 Å². The number of hydrogen-bond acceptors (Lipinski definition) is 3. The van der Waals surface area contributed by atoms with E-state index < -0.39 is 12.6 Å². The Bertz CT molecular complexity index is 347. The summed E-state index contributed by atoms with van der Waals surface area (Å²) < 4.78 is 45.8. The first kappa shape index (κ1) is 15.0. The highest BCUT2D eigenvalue weighted by molar-refractivity contribution is 5.16. The maximum Gasteiger partial charge on any atom is 0.391 e. The molecule has 0 aliphatic rings. The first-order valence-corrected chi connectivity index (χ1v) is 5.81. The zero-order valence-corrected chi connectivity index (χ0v) is 10.5. The number of nitrogens with one attached hydrogen (secondary N) is 1. The van der Waals surface area contributed by atoms with E-state index in [1.165, 1.54) is 6.26 Å². The SMILES string of the molecule is CC(C)NCc1ccoc1COCCC(F)(F)F. The molecule has 1 rings (SSSR count). The van der Waals surface area contributed by atoms with E-state index in [4.69, 9.17) is 9.15 Å². The fourth-order valence-corrected chi connectivity index (χ4v) is 1.32. The maximum atomic E-state index is 11.9. The molecule has 0 radical (unpaired) electrons. The van der Waals surface area contributed by atoms with E-state index in [2.05, 4.69) is 5.32 Å². The highest BCUT2D eigenvalue weighted by Crippen LogP contribution is 2.19. The van der Waals surface area contributed by atoms with Crippen LogP contribution in [0.15, 0.2) is 16.7 Å². The molecule has 6 heteroatoms. The summed E-state index contributed by atoms with van der Waals surface area (Å²) in [7, 11) is 0. The molecule has 0 amide bonds. The van der Waals surface area contributed by atoms with E-state index in [-0.39, 0.29) is 13.2 Å². The monoisotopic (exact) mass is 265 g/mol. The van der Waals surface area contributed by atoms with Gasteiger partial charge in [0.15, 0.2) is 0 Å². The Hall–Kier alpha value is -1.01. The highest BCUT2D eigenvalue weighted by atomic mass is 19.4. The van der Waals surface area contributed by atoms with Gasteiger partial charge >= 0.3 is 6.18 Å². The van der Waals surface area contributed by atoms with Crippen LogP contribution >= 0.6 is 0 Å². The van der Waals surface area contributed by atoms with Gasteiger partial charge in [-0.2, -0.15) is 13.2 Å². The van der Waals surface area contributed by atoms with Crippen LogP contribution in [0.2, 0.25) is 0 Å². The molecule has 18 heavy (non-hydrogen) atoms. The zero-order valence-electron chi connectivity index (χ0n) is 10.5. The van der Waals surface area contributed by atoms with Crippen LogP contribution in [-0.2, 0) is 17.9 Å². The van der Waals surface area contributed by atoms with Gasteiger partial charge in [-0.25, -0.2) is 0 Å². The molecule has 1 heterocycles. The van der Waals surface area contributed by atoms with Crippen LogP contribution < -0.4 is 5.32 Å². The molecule has 0 aromatic carbocycles. The minimum absolute atomic E-state index is 0.0676. The van der Waals surface area contributed by atoms with Gasteiger partial charge in [0, 0.05) is 18.2 Å². The van der Waals surface area contributed by atoms with Gasteiger partial charge < -0.3 is 14.5 Å². The first-order valence-electron chi connectivity index (χ1n) is 5.81. The fourth-order valence-electron chi connectivity index (χ4n) is 1.32. The third-order valence-corrected chi connectivity index (χ3v) is 2.30. The van der Waals surface area contributed by atoms with Crippen molar-refractivity contribution in [2.45, 2.75) is 45.6 Å². The van der Waals surface area contributed by atoms with Gasteiger partial charge in [0.2, 0.25) is 0 Å². The lowest BCUT2D eigenvalue weighted by Gasteiger charge is -2.09. The number of rotatable bonds is 7. The first-order chi connectivity index (χ1) is 8.38. The lowest BCUT2D eigenvalue weighted by Crippen LogP contribution is -2.22. The van der Waals surface area contributed by atoms with Crippen molar-refractivity contribution < 1.29 is 22.3 Å². The molecule has 0 aliphatic heterocycles. The van der Waals surface area contributed by atoms with Crippen molar-refractivity contribution in [2.75, 3.05) is 6.61 Å². The second-order valence-electron chi connectivity index (χ2n) is 4.32. The Morgan fingerprint density at radius 3 is 2.72 bits per heavy atom. The van der Waals surface area contributed by atoms with Crippen molar-refractivity contribution in [2.24, 2.45) is 0 Å². The second kappa shape index (κ2) is 6.80. The molecule has 0 unspecified atom stereocenters. The summed E-state index contributed by atoms with van der Waals surface area (Å²) in [5.74, 6) is 0.574. The van der Waals surface area contributed by atoms with Crippen LogP contribution in [0.5, 0.6) is 0 Å². The maximum absolute atomic E-state index is 11.9. The topological polar surface area (TPSA) is 34.4 Å². The van der Waals surface area contributed by atoms with Crippen molar-refractivity contribution in [1.29, 1.82) is 0 Å². The normalized spacial score (nSPS) is 12.3. The number of hydrogen-bond donors (Lipinski definition) is 1. The smallest absolute Gasteiger partial charge is 0.391 e. The molecule has 0 saturated heterocycles. The van der Waals surface area contributed by atoms with Gasteiger partial charge in [-0.3, -0.25) is 0 Å². The van der Waals surface area contributed by atoms with Gasteiger partial charge in [0.05, 0.1) is 19.3 Å². The summed E-state index contributed by atoms with van der Waals surface area (Å²) in [5, 5.41) is 3.21. The van der Waals surface area contributed by atoms with E-state index in [1.807, 2.05) is 13.8 Å². The molecule has 3 nitrogen and oxygen atoms in total. The Kier molecular flexibility index (Phi) is 5.68. The Labute approximate surface area is 104 Å². The molecule has 0 aliphatic carbocycles. The molecule has 1 N–H and O–H groups in total. The molecule has 1 aromatic heterocycles. The molecule has 0 spiro atoms. The summed E-state index contributed by atoms with van der Waals surface area (Å²) >= 11 is 0. The minimum Gasteiger partial charge on any atom is -0.467 e. The number of ether oxygens (including phenoxy) is 1. The lowest BCUT2D eigenvalue weighted by atomic mass is 10.2. The second-order valence-corrected chi connectivity index (χ2v) is 4.32. The predicted octanol–water partition coefficient (Wildman–Crippen LogP) is 3.25. The van der Waals surface area contributed by atoms with E-state index in [9.17, 15) is 13.2 Å². The molecule has 0 fully saturated rings. The van der Waals surface area contributed by atoms with Gasteiger partial charge in [0.1, 0.15) is 12.4 Å². The Morgan fingerprint density at radius 2 is 2.11 bits per heavy atom. The summed E-state index contributed by atoms with van der Waals surface area (Å²) in [6.45, 7) is 4.37. The van der Waals surface area contributed by atoms with Crippen molar-refractivity contribution in [3.8, 4) is 0 Å². The molecule has 0 saturated carbocycles. The van der Waals surface area contributed by atoms with Crippen LogP contribution in [0.1, 0.15) is 31.6 Å². The Balaban J connectivity index is 2.32. The molecule has 104 valence electrons. The largest absolute Gasteiger partial charge is 0.467 e. The van der Waals surface area contributed by atoms with E-state index in [0.717, 1.165) is 5.56 Å². The van der Waals surface area contributed by atoms with Crippen molar-refractivity contribution >= 4 is 0 Å². The molecule has 0 atom stereocenters. The number of halogens is 3. The van der Waals surface area contributed by atoms with Crippen LogP contribution in [0.3, 0.4) is 0 Å². The highest BCUT2D eigenvalue weighted by Gasteiger charge is 2.26. The molecule has 0 bridgehead atoms. The van der Waals surface area contributed by atoms with Gasteiger partial charge in [-0.15, -0.1) is 0 Å². The van der Waals surface area contributed by atoms with Crippen LogP contribution in [0.4, 0.5) is 13.2 Å². The van der Waals surface area contributed by atoms with Crippen LogP contribution in [0, 0.1) is 0 Å². The van der Waals surface area contributed by atoms with Gasteiger partial charge in [-0.1, -0.05) is 13.8 Å². The predicted molar refractivity (Wildman–Crippen MR) is 61.0 cm³/mol. The third kappa shape index (κ3) is 6.07. The van der Waals surface area contributed by atoms with Crippen LogP contribution in [0.25, 0.3) is 0 Å². The fraction of sp³-hybridized carbons (Fsp3) is 0.667. The third-order valence-electron chi connectivity index (χ3n) is 2.30. The van der Waals surface area contributed by atoms with Crippen molar-refractivity contribution in [3.05, 3.63) is 23.7 Å². The lowest BCUT2D eigenvalue weighted by molar-refractivity contribution is -0.146. The summed E-state index contributed by atoms with van der Waals surface area (Å²) in [4.78, 5) is 0. The molecular weight excluding hydrogens is 247 g/mol. The average molecular weight is 265 g/mol. The number of alkyl halides is 3. The summed E-state index contributed by atoms with van der Waals surface area (Å²) in [5.41, 5.74) is 0.913. The van der Waals surface area contributed by atoms with Crippen molar-refractivity contribution in [3.63, 3.8) is 0 Å². The van der Waals surface area contributed by atoms with Gasteiger partial charge in [0.25, 0.3) is 0 Å². The number of furan rings is 1. The zero-order chi connectivity index (χ0) is 13.6. The van der Waals surface area contributed by atoms with Crippen molar-refractivity contribution in [1.82, 2.24) is 5.32 Å². The van der Waals surface area contributed by atoms with E-state index in [0.29, 0.717) is 18.3 Å². The van der Waals surface area contributed by atoms with E-state index in [1.54, 1.807) is 6.07 Å². The molecular formula is C12H18F3NO2. The van der Waals surface area contributed by atoms with E-state index >= 15 is 0 Å². The summed E-state index contributed by atoms with van der Waals surface area (Å²) in [6.07, 6.45) is -3.60. The quantitative estimate of drug-likeness (QED) is 0.768. The van der Waals surface area contributed by atoms with Gasteiger partial charge in [-0.05, 0) is 6.07 Å².